The molecule has 4 N–H and O–H groups in total. The Balaban J connectivity index is 1.90. The average molecular weight is 382 g/mol. The molecule has 0 saturated carbocycles. The molecule has 1 aromatic rings. The Kier molecular flexibility index (Phi) is 7.02. The second-order valence-electron chi connectivity index (χ2n) is 6.46. The molecule has 10 heteroatoms. The van der Waals surface area contributed by atoms with Gasteiger partial charge in [0.1, 0.15) is 5.71 Å². The lowest BCUT2D eigenvalue weighted by atomic mass is 9.75. The highest BCUT2D eigenvalue weighted by atomic mass is 35.5. The van der Waals surface area contributed by atoms with Gasteiger partial charge in [-0.3, -0.25) is 9.59 Å². The van der Waals surface area contributed by atoms with E-state index in [1.165, 1.54) is 0 Å². The van der Waals surface area contributed by atoms with Crippen molar-refractivity contribution in [3.63, 3.8) is 0 Å². The molecule has 2 rings (SSSR count). The zero-order valence-corrected chi connectivity index (χ0v) is 15.2. The van der Waals surface area contributed by atoms with Crippen LogP contribution in [0.4, 0.5) is 5.69 Å². The Labute approximate surface area is 156 Å². The molecule has 8 nitrogen and oxygen atoms in total. The van der Waals surface area contributed by atoms with Crippen LogP contribution in [-0.2, 0) is 14.4 Å². The number of halogens is 1. The minimum Gasteiger partial charge on any atom is -0.426 e. The molecule has 1 heterocycles. The lowest BCUT2D eigenvalue weighted by Gasteiger charge is -2.20. The van der Waals surface area contributed by atoms with Crippen molar-refractivity contribution >= 4 is 41.9 Å². The van der Waals surface area contributed by atoms with E-state index in [4.69, 9.17) is 16.4 Å². The smallest absolute Gasteiger partial charge is 0.426 e. The van der Waals surface area contributed by atoms with E-state index in [1.54, 1.807) is 24.3 Å². The van der Waals surface area contributed by atoms with Gasteiger partial charge in [-0.1, -0.05) is 36.7 Å². The molecule has 0 saturated heterocycles. The van der Waals surface area contributed by atoms with Gasteiger partial charge in [0, 0.05) is 17.1 Å². The van der Waals surface area contributed by atoms with E-state index < -0.39 is 31.0 Å². The molecule has 0 aliphatic carbocycles. The molecule has 140 valence electrons. The summed E-state index contributed by atoms with van der Waals surface area (Å²) in [5, 5.41) is 28.0. The van der Waals surface area contributed by atoms with Gasteiger partial charge in [-0.2, -0.15) is 0 Å². The van der Waals surface area contributed by atoms with Gasteiger partial charge in [-0.25, -0.2) is 0 Å². The third-order valence-electron chi connectivity index (χ3n) is 3.72. The number of benzene rings is 1. The van der Waals surface area contributed by atoms with Crippen molar-refractivity contribution in [1.29, 1.82) is 0 Å². The van der Waals surface area contributed by atoms with Crippen LogP contribution in [0.3, 0.4) is 0 Å². The summed E-state index contributed by atoms with van der Waals surface area (Å²) in [5.74, 6) is -1.72. The summed E-state index contributed by atoms with van der Waals surface area (Å²) in [5.41, 5.74) is 0.564. The Hall–Kier alpha value is -2.10. The average Bonchev–Trinajstić information content (AvgIpc) is 3.04. The Morgan fingerprint density at radius 2 is 2.15 bits per heavy atom. The van der Waals surface area contributed by atoms with Gasteiger partial charge in [0.2, 0.25) is 6.10 Å². The molecular weight excluding hydrogens is 360 g/mol. The van der Waals surface area contributed by atoms with E-state index in [0.29, 0.717) is 17.1 Å². The molecule has 0 aromatic heterocycles. The highest BCUT2D eigenvalue weighted by Gasteiger charge is 2.35. The van der Waals surface area contributed by atoms with Crippen molar-refractivity contribution < 1.29 is 24.5 Å². The Morgan fingerprint density at radius 3 is 2.77 bits per heavy atom. The molecule has 2 amide bonds. The molecule has 0 radical (unpaired) electrons. The van der Waals surface area contributed by atoms with Crippen LogP contribution < -0.4 is 10.6 Å². The summed E-state index contributed by atoms with van der Waals surface area (Å²) in [7, 11) is -1.69. The number of nitrogens with zero attached hydrogens (tertiary/aromatic N) is 1. The Morgan fingerprint density at radius 1 is 1.42 bits per heavy atom. The summed E-state index contributed by atoms with van der Waals surface area (Å²) >= 11 is 5.86. The second-order valence-corrected chi connectivity index (χ2v) is 6.90. The Bertz CT molecular complexity index is 698. The van der Waals surface area contributed by atoms with Gasteiger partial charge >= 0.3 is 7.12 Å². The van der Waals surface area contributed by atoms with Crippen LogP contribution in [0.2, 0.25) is 5.02 Å². The first-order valence-electron chi connectivity index (χ1n) is 8.22. The highest BCUT2D eigenvalue weighted by Crippen LogP contribution is 2.17. The van der Waals surface area contributed by atoms with E-state index in [-0.39, 0.29) is 18.1 Å². The molecule has 1 aliphatic rings. The molecule has 1 aromatic carbocycles. The van der Waals surface area contributed by atoms with E-state index >= 15 is 0 Å². The van der Waals surface area contributed by atoms with Crippen LogP contribution in [0.5, 0.6) is 0 Å². The van der Waals surface area contributed by atoms with Gasteiger partial charge in [0.05, 0.1) is 5.94 Å². The summed E-state index contributed by atoms with van der Waals surface area (Å²) in [4.78, 5) is 29.4. The fourth-order valence-corrected chi connectivity index (χ4v) is 2.65. The molecule has 0 spiro atoms. The maximum atomic E-state index is 12.2. The predicted octanol–water partition coefficient (Wildman–Crippen LogP) is 0.966. The lowest BCUT2D eigenvalue weighted by Crippen LogP contribution is -2.50. The molecule has 1 unspecified atom stereocenters. The molecular formula is C16H21BClN3O5. The van der Waals surface area contributed by atoms with E-state index in [2.05, 4.69) is 15.8 Å². The first-order chi connectivity index (χ1) is 12.3. The van der Waals surface area contributed by atoms with Crippen molar-refractivity contribution in [1.82, 2.24) is 5.32 Å². The van der Waals surface area contributed by atoms with Crippen molar-refractivity contribution in [2.24, 2.45) is 11.1 Å². The summed E-state index contributed by atoms with van der Waals surface area (Å²) < 4.78 is 0. The quantitative estimate of drug-likeness (QED) is 0.524. The van der Waals surface area contributed by atoms with Crippen molar-refractivity contribution in [2.45, 2.75) is 38.7 Å². The zero-order valence-electron chi connectivity index (χ0n) is 14.5. The SMILES string of the molecule is CC(C)C[C@H](NC(=O)C1CC(C(=O)Nc2cccc(Cl)c2)=NO1)B(O)O. The minimum atomic E-state index is -1.69. The second kappa shape index (κ2) is 9.02. The van der Waals surface area contributed by atoms with E-state index in [9.17, 15) is 19.6 Å². The van der Waals surface area contributed by atoms with Gasteiger partial charge in [-0.05, 0) is 30.5 Å². The van der Waals surface area contributed by atoms with E-state index in [1.807, 2.05) is 13.8 Å². The number of rotatable bonds is 7. The summed E-state index contributed by atoms with van der Waals surface area (Å²) in [6.07, 6.45) is -0.628. The number of hydrogen-bond acceptors (Lipinski definition) is 6. The zero-order chi connectivity index (χ0) is 19.3. The predicted molar refractivity (Wildman–Crippen MR) is 98.6 cm³/mol. The number of anilines is 1. The van der Waals surface area contributed by atoms with Crippen LogP contribution in [-0.4, -0.2) is 46.7 Å². The van der Waals surface area contributed by atoms with E-state index in [0.717, 1.165) is 0 Å². The third kappa shape index (κ3) is 5.72. The number of amides is 2. The number of carbonyl (C=O) groups is 2. The molecule has 2 atom stereocenters. The summed E-state index contributed by atoms with van der Waals surface area (Å²) in [6.45, 7) is 3.80. The maximum Gasteiger partial charge on any atom is 0.475 e. The maximum absolute atomic E-state index is 12.2. The highest BCUT2D eigenvalue weighted by molar-refractivity contribution is 6.44. The third-order valence-corrected chi connectivity index (χ3v) is 3.95. The van der Waals surface area contributed by atoms with Crippen LogP contribution >= 0.6 is 11.6 Å². The molecule has 1 aliphatic heterocycles. The van der Waals surface area contributed by atoms with Gasteiger partial charge in [-0.15, -0.1) is 0 Å². The standard InChI is InChI=1S/C16H21BClN3O5/c1-9(2)6-14(17(24)25)20-16(23)13-8-12(21-26-13)15(22)19-11-5-3-4-10(18)7-11/h3-5,7,9,13-14,24-25H,6,8H2,1-2H3,(H,19,22)(H,20,23)/t13?,14-/m0/s1. The van der Waals surface area contributed by atoms with Crippen LogP contribution in [0.1, 0.15) is 26.7 Å². The normalized spacial score (nSPS) is 17.3. The molecule has 0 fully saturated rings. The number of oxime groups is 1. The van der Waals surface area contributed by atoms with Crippen molar-refractivity contribution in [2.75, 3.05) is 5.32 Å². The first-order valence-corrected chi connectivity index (χ1v) is 8.60. The van der Waals surface area contributed by atoms with Gasteiger partial charge in [0.25, 0.3) is 11.8 Å². The van der Waals surface area contributed by atoms with Crippen molar-refractivity contribution in [3.05, 3.63) is 29.3 Å². The number of carbonyl (C=O) groups excluding carboxylic acids is 2. The van der Waals surface area contributed by atoms with Crippen molar-refractivity contribution in [3.8, 4) is 0 Å². The molecule has 0 bridgehead atoms. The molecule has 26 heavy (non-hydrogen) atoms. The number of nitrogens with one attached hydrogen (secondary N) is 2. The van der Waals surface area contributed by atoms with Crippen LogP contribution in [0.25, 0.3) is 0 Å². The largest absolute Gasteiger partial charge is 0.475 e. The summed E-state index contributed by atoms with van der Waals surface area (Å²) in [6, 6.07) is 6.62. The van der Waals surface area contributed by atoms with Crippen LogP contribution in [0, 0.1) is 5.92 Å². The van der Waals surface area contributed by atoms with Gasteiger partial charge < -0.3 is 25.5 Å². The fourth-order valence-electron chi connectivity index (χ4n) is 2.46. The lowest BCUT2D eigenvalue weighted by molar-refractivity contribution is -0.131. The van der Waals surface area contributed by atoms with Gasteiger partial charge in [0.15, 0.2) is 0 Å². The minimum absolute atomic E-state index is 0.0197. The topological polar surface area (TPSA) is 120 Å². The monoisotopic (exact) mass is 381 g/mol. The number of hydrogen-bond donors (Lipinski definition) is 4. The van der Waals surface area contributed by atoms with Crippen LogP contribution in [0.15, 0.2) is 29.4 Å². The fraction of sp³-hybridized carbons (Fsp3) is 0.438. The first kappa shape index (κ1) is 20.2.